The lowest BCUT2D eigenvalue weighted by Crippen LogP contribution is -2.46. The molecule has 0 saturated carbocycles. The molecule has 24 heavy (non-hydrogen) atoms. The minimum Gasteiger partial charge on any atom is -0.342 e. The average molecular weight is 324 g/mol. The van der Waals surface area contributed by atoms with Crippen molar-refractivity contribution >= 4 is 23.9 Å². The molecule has 1 aromatic heterocycles. The third-order valence-corrected chi connectivity index (χ3v) is 4.67. The highest BCUT2D eigenvalue weighted by Crippen LogP contribution is 2.32. The molecule has 1 aromatic carbocycles. The number of anilines is 3. The Morgan fingerprint density at radius 1 is 1.04 bits per heavy atom. The maximum Gasteiger partial charge on any atom is 0.247 e. The van der Waals surface area contributed by atoms with Gasteiger partial charge in [0.1, 0.15) is 0 Å². The number of nitrogens with zero attached hydrogens (tertiary/aromatic N) is 6. The largest absolute Gasteiger partial charge is 0.342 e. The molecule has 2 aliphatic rings. The van der Waals surface area contributed by atoms with Crippen molar-refractivity contribution in [2.45, 2.75) is 12.8 Å². The summed E-state index contributed by atoms with van der Waals surface area (Å²) in [6.07, 6.45) is 4.84. The van der Waals surface area contributed by atoms with E-state index in [4.69, 9.17) is 4.98 Å². The van der Waals surface area contributed by atoms with E-state index in [0.29, 0.717) is 19.0 Å². The first kappa shape index (κ1) is 14.9. The van der Waals surface area contributed by atoms with E-state index in [2.05, 4.69) is 44.3 Å². The second-order valence-electron chi connectivity index (χ2n) is 6.13. The molecule has 0 bridgehead atoms. The van der Waals surface area contributed by atoms with E-state index in [0.717, 1.165) is 44.7 Å². The van der Waals surface area contributed by atoms with Crippen LogP contribution >= 0.6 is 0 Å². The molecule has 0 N–H and O–H groups in total. The zero-order valence-electron chi connectivity index (χ0n) is 13.5. The van der Waals surface area contributed by atoms with Crippen molar-refractivity contribution in [3.8, 4) is 0 Å². The molecular weight excluding hydrogens is 304 g/mol. The lowest BCUT2D eigenvalue weighted by molar-refractivity contribution is -0.118. The molecule has 0 radical (unpaired) electrons. The number of carbonyl (C=O) groups is 1. The van der Waals surface area contributed by atoms with Gasteiger partial charge in [-0.05, 0) is 24.5 Å². The molecule has 2 aromatic rings. The van der Waals surface area contributed by atoms with Gasteiger partial charge in [0.2, 0.25) is 12.4 Å². The van der Waals surface area contributed by atoms with Gasteiger partial charge in [0.25, 0.3) is 0 Å². The number of benzene rings is 1. The van der Waals surface area contributed by atoms with E-state index in [9.17, 15) is 4.79 Å². The zero-order chi connectivity index (χ0) is 16.4. The molecule has 1 fully saturated rings. The van der Waals surface area contributed by atoms with Crippen LogP contribution in [-0.4, -0.2) is 59.2 Å². The minimum absolute atomic E-state index is 0.640. The lowest BCUT2D eigenvalue weighted by atomic mass is 10.0. The molecular formula is C17H20N6O. The lowest BCUT2D eigenvalue weighted by Gasteiger charge is -2.33. The van der Waals surface area contributed by atoms with Gasteiger partial charge >= 0.3 is 0 Å². The number of hydrogen-bond acceptors (Lipinski definition) is 6. The molecule has 0 atom stereocenters. The maximum atomic E-state index is 10.8. The number of piperazine rings is 1. The monoisotopic (exact) mass is 324 g/mol. The van der Waals surface area contributed by atoms with E-state index < -0.39 is 0 Å². The number of aryl methyl sites for hydroxylation is 1. The van der Waals surface area contributed by atoms with Crippen molar-refractivity contribution in [3.63, 3.8) is 0 Å². The van der Waals surface area contributed by atoms with Crippen LogP contribution in [0.4, 0.5) is 17.5 Å². The fourth-order valence-corrected chi connectivity index (χ4v) is 3.35. The van der Waals surface area contributed by atoms with Crippen LogP contribution in [-0.2, 0) is 11.2 Å². The Kier molecular flexibility index (Phi) is 3.98. The van der Waals surface area contributed by atoms with Gasteiger partial charge in [-0.2, -0.15) is 10.1 Å². The van der Waals surface area contributed by atoms with Crippen LogP contribution in [0.5, 0.6) is 0 Å². The molecule has 0 spiro atoms. The van der Waals surface area contributed by atoms with Crippen molar-refractivity contribution in [1.29, 1.82) is 0 Å². The van der Waals surface area contributed by atoms with Crippen LogP contribution < -0.4 is 9.80 Å². The van der Waals surface area contributed by atoms with Gasteiger partial charge in [-0.1, -0.05) is 18.2 Å². The molecule has 0 unspecified atom stereocenters. The predicted molar refractivity (Wildman–Crippen MR) is 91.4 cm³/mol. The van der Waals surface area contributed by atoms with Crippen LogP contribution in [0.15, 0.2) is 30.5 Å². The fraction of sp³-hybridized carbons (Fsp3) is 0.412. The van der Waals surface area contributed by atoms with E-state index in [1.54, 1.807) is 11.1 Å². The number of amides is 1. The smallest absolute Gasteiger partial charge is 0.247 e. The molecule has 1 amide bonds. The Morgan fingerprint density at radius 2 is 1.88 bits per heavy atom. The molecule has 124 valence electrons. The predicted octanol–water partition coefficient (Wildman–Crippen LogP) is 1.23. The summed E-state index contributed by atoms with van der Waals surface area (Å²) in [5.74, 6) is 1.48. The van der Waals surface area contributed by atoms with Gasteiger partial charge in [0.05, 0.1) is 6.20 Å². The van der Waals surface area contributed by atoms with Crippen molar-refractivity contribution in [2.75, 3.05) is 42.5 Å². The van der Waals surface area contributed by atoms with Crippen molar-refractivity contribution in [1.82, 2.24) is 20.1 Å². The highest BCUT2D eigenvalue weighted by Gasteiger charge is 2.22. The summed E-state index contributed by atoms with van der Waals surface area (Å²) in [7, 11) is 0. The molecule has 7 heteroatoms. The quantitative estimate of drug-likeness (QED) is 0.791. The summed E-state index contributed by atoms with van der Waals surface area (Å²) in [6.45, 7) is 3.81. The maximum absolute atomic E-state index is 10.8. The van der Waals surface area contributed by atoms with Gasteiger partial charge in [-0.15, -0.1) is 5.10 Å². The summed E-state index contributed by atoms with van der Waals surface area (Å²) in [6, 6.07) is 8.46. The van der Waals surface area contributed by atoms with E-state index in [1.165, 1.54) is 11.3 Å². The standard InChI is InChI=1S/C17H20N6O/c24-13-21-8-10-22(11-9-21)17-19-16(12-18-20-17)23-7-3-5-14-4-1-2-6-15(14)23/h1-2,4,6,12-13H,3,5,7-11H2. The Morgan fingerprint density at radius 3 is 2.71 bits per heavy atom. The van der Waals surface area contributed by atoms with Crippen LogP contribution in [0.25, 0.3) is 0 Å². The number of aromatic nitrogens is 3. The van der Waals surface area contributed by atoms with Gasteiger partial charge < -0.3 is 14.7 Å². The Hall–Kier alpha value is -2.70. The third-order valence-electron chi connectivity index (χ3n) is 4.67. The van der Waals surface area contributed by atoms with E-state index in [-0.39, 0.29) is 0 Å². The zero-order valence-corrected chi connectivity index (χ0v) is 13.5. The molecule has 1 saturated heterocycles. The highest BCUT2D eigenvalue weighted by atomic mass is 16.1. The Bertz CT molecular complexity index is 729. The highest BCUT2D eigenvalue weighted by molar-refractivity contribution is 5.65. The van der Waals surface area contributed by atoms with E-state index >= 15 is 0 Å². The number of carbonyl (C=O) groups excluding carboxylic acids is 1. The van der Waals surface area contributed by atoms with Gasteiger partial charge in [-0.3, -0.25) is 4.79 Å². The molecule has 7 nitrogen and oxygen atoms in total. The first-order chi connectivity index (χ1) is 11.8. The van der Waals surface area contributed by atoms with Crippen LogP contribution in [0.2, 0.25) is 0 Å². The first-order valence-electron chi connectivity index (χ1n) is 8.34. The van der Waals surface area contributed by atoms with Crippen molar-refractivity contribution in [2.24, 2.45) is 0 Å². The number of rotatable bonds is 3. The third kappa shape index (κ3) is 2.77. The minimum atomic E-state index is 0.640. The van der Waals surface area contributed by atoms with Gasteiger partial charge in [0, 0.05) is 38.4 Å². The van der Waals surface area contributed by atoms with Crippen LogP contribution in [0.3, 0.4) is 0 Å². The van der Waals surface area contributed by atoms with Gasteiger partial charge in [0.15, 0.2) is 5.82 Å². The molecule has 3 heterocycles. The molecule has 4 rings (SSSR count). The van der Waals surface area contributed by atoms with E-state index in [1.807, 2.05) is 0 Å². The second-order valence-corrected chi connectivity index (χ2v) is 6.13. The molecule has 0 aliphatic carbocycles. The SMILES string of the molecule is O=CN1CCN(c2nncc(N3CCCc4ccccc43)n2)CC1. The molecule has 2 aliphatic heterocycles. The van der Waals surface area contributed by atoms with Crippen LogP contribution in [0.1, 0.15) is 12.0 Å². The summed E-state index contributed by atoms with van der Waals surface area (Å²) in [5.41, 5.74) is 2.56. The Labute approximate surface area is 140 Å². The first-order valence-corrected chi connectivity index (χ1v) is 8.34. The average Bonchev–Trinajstić information content (AvgIpc) is 2.68. The number of para-hydroxylation sites is 1. The summed E-state index contributed by atoms with van der Waals surface area (Å²) < 4.78 is 0. The normalized spacial score (nSPS) is 17.6. The number of fused-ring (bicyclic) bond motifs is 1. The van der Waals surface area contributed by atoms with Crippen molar-refractivity contribution in [3.05, 3.63) is 36.0 Å². The summed E-state index contributed by atoms with van der Waals surface area (Å²) in [4.78, 5) is 21.7. The van der Waals surface area contributed by atoms with Gasteiger partial charge in [-0.25, -0.2) is 0 Å². The second kappa shape index (κ2) is 6.43. The van der Waals surface area contributed by atoms with Crippen molar-refractivity contribution < 1.29 is 4.79 Å². The number of hydrogen-bond donors (Lipinski definition) is 0. The van der Waals surface area contributed by atoms with Crippen LogP contribution in [0, 0.1) is 0 Å². The summed E-state index contributed by atoms with van der Waals surface area (Å²) >= 11 is 0. The Balaban J connectivity index is 1.59. The fourth-order valence-electron chi connectivity index (χ4n) is 3.35. The summed E-state index contributed by atoms with van der Waals surface area (Å²) in [5, 5.41) is 8.36. The topological polar surface area (TPSA) is 65.5 Å².